The first kappa shape index (κ1) is 15.8. The molecule has 2 heterocycles. The van der Waals surface area contributed by atoms with Gasteiger partial charge in [-0.2, -0.15) is 0 Å². The minimum atomic E-state index is 0.500. The van der Waals surface area contributed by atoms with Crippen molar-refractivity contribution < 1.29 is 0 Å². The van der Waals surface area contributed by atoms with E-state index in [0.717, 1.165) is 22.7 Å². The topological polar surface area (TPSA) is 65.6 Å². The van der Waals surface area contributed by atoms with Crippen molar-refractivity contribution in [3.8, 4) is 0 Å². The first-order valence-corrected chi connectivity index (χ1v) is 8.93. The number of hydrogen-bond acceptors (Lipinski definition) is 5. The van der Waals surface area contributed by atoms with Crippen molar-refractivity contribution >= 4 is 23.3 Å². The molecule has 1 aliphatic rings. The van der Waals surface area contributed by atoms with Gasteiger partial charge in [0.2, 0.25) is 0 Å². The van der Waals surface area contributed by atoms with Gasteiger partial charge in [0.25, 0.3) is 0 Å². The van der Waals surface area contributed by atoms with E-state index in [-0.39, 0.29) is 0 Å². The van der Waals surface area contributed by atoms with Crippen LogP contribution in [0.1, 0.15) is 57.0 Å². The summed E-state index contributed by atoms with van der Waals surface area (Å²) < 4.78 is 6.86. The van der Waals surface area contributed by atoms with E-state index < -0.39 is 0 Å². The van der Waals surface area contributed by atoms with Crippen molar-refractivity contribution in [2.45, 2.75) is 64.5 Å². The summed E-state index contributed by atoms with van der Waals surface area (Å²) in [5, 5.41) is 0. The quantitative estimate of drug-likeness (QED) is 0.737. The van der Waals surface area contributed by atoms with Gasteiger partial charge in [0.05, 0.1) is 5.52 Å². The summed E-state index contributed by atoms with van der Waals surface area (Å²) in [4.78, 5) is 12.7. The molecule has 6 heteroatoms. The monoisotopic (exact) mass is 319 g/mol. The fraction of sp³-hybridized carbons (Fsp3) is 0.625. The average Bonchev–Trinajstić information content (AvgIpc) is 2.90. The zero-order valence-electron chi connectivity index (χ0n) is 13.5. The number of imidazole rings is 1. The molecule has 3 N–H and O–H groups in total. The summed E-state index contributed by atoms with van der Waals surface area (Å²) >= 11 is 1.64. The maximum Gasteiger partial charge on any atom is 0.177 e. The van der Waals surface area contributed by atoms with Crippen LogP contribution < -0.4 is 9.44 Å². The van der Waals surface area contributed by atoms with E-state index in [1.165, 1.54) is 25.7 Å². The summed E-state index contributed by atoms with van der Waals surface area (Å²) in [7, 11) is 0. The molecule has 1 saturated carbocycles. The molecule has 0 aliphatic heterocycles. The molecule has 3 rings (SSSR count). The second-order valence-corrected chi connectivity index (χ2v) is 7.16. The van der Waals surface area contributed by atoms with Gasteiger partial charge in [0.1, 0.15) is 5.82 Å². The lowest BCUT2D eigenvalue weighted by Gasteiger charge is -2.27. The molecule has 0 bridgehead atoms. The third-order valence-corrected chi connectivity index (χ3v) is 5.18. The number of rotatable bonds is 5. The normalized spacial score (nSPS) is 22.5. The molecule has 0 aromatic carbocycles. The van der Waals surface area contributed by atoms with Gasteiger partial charge in [-0.05, 0) is 58.6 Å². The van der Waals surface area contributed by atoms with Gasteiger partial charge in [-0.3, -0.25) is 0 Å². The molecule has 22 heavy (non-hydrogen) atoms. The zero-order chi connectivity index (χ0) is 15.5. The Labute approximate surface area is 136 Å². The Morgan fingerprint density at radius 3 is 2.68 bits per heavy atom. The van der Waals surface area contributed by atoms with Crippen LogP contribution in [0.15, 0.2) is 12.1 Å². The minimum absolute atomic E-state index is 0.500. The Balaban J connectivity index is 1.56. The molecule has 2 aromatic heterocycles. The molecule has 120 valence electrons. The van der Waals surface area contributed by atoms with Crippen molar-refractivity contribution in [1.29, 1.82) is 0 Å². The molecule has 0 atom stereocenters. The first-order chi connectivity index (χ1) is 10.6. The van der Waals surface area contributed by atoms with E-state index in [9.17, 15) is 0 Å². The number of H-pyrrole nitrogens is 1. The Morgan fingerprint density at radius 1 is 1.18 bits per heavy atom. The van der Waals surface area contributed by atoms with Crippen LogP contribution in [-0.4, -0.2) is 27.0 Å². The summed E-state index contributed by atoms with van der Waals surface area (Å²) in [5.74, 6) is 1.65. The molecule has 0 amide bonds. The number of pyridine rings is 1. The first-order valence-electron chi connectivity index (χ1n) is 8.12. The van der Waals surface area contributed by atoms with Crippen LogP contribution >= 0.6 is 12.1 Å². The lowest BCUT2D eigenvalue weighted by Crippen LogP contribution is -2.32. The van der Waals surface area contributed by atoms with Gasteiger partial charge < -0.3 is 4.98 Å². The number of fused-ring (bicyclic) bond motifs is 1. The van der Waals surface area contributed by atoms with E-state index >= 15 is 0 Å². The Kier molecular flexibility index (Phi) is 5.00. The van der Waals surface area contributed by atoms with Crippen molar-refractivity contribution in [3.63, 3.8) is 0 Å². The van der Waals surface area contributed by atoms with Gasteiger partial charge in [-0.1, -0.05) is 0 Å². The highest BCUT2D eigenvalue weighted by Gasteiger charge is 2.24. The van der Waals surface area contributed by atoms with Crippen molar-refractivity contribution in [2.75, 3.05) is 0 Å². The molecule has 1 fully saturated rings. The highest BCUT2D eigenvalue weighted by molar-refractivity contribution is 7.95. The number of nitrogens with one attached hydrogen (secondary N) is 3. The third-order valence-electron chi connectivity index (χ3n) is 4.14. The Hall–Kier alpha value is -1.11. The van der Waals surface area contributed by atoms with Crippen molar-refractivity contribution in [1.82, 2.24) is 24.4 Å². The highest BCUT2D eigenvalue weighted by atomic mass is 32.2. The highest BCUT2D eigenvalue weighted by Crippen LogP contribution is 2.32. The Bertz CT molecular complexity index is 616. The van der Waals surface area contributed by atoms with Crippen LogP contribution in [0.5, 0.6) is 0 Å². The molecule has 0 saturated heterocycles. The summed E-state index contributed by atoms with van der Waals surface area (Å²) in [6, 6.07) is 5.21. The van der Waals surface area contributed by atoms with Gasteiger partial charge >= 0.3 is 0 Å². The molecular formula is C16H25N5S. The lowest BCUT2D eigenvalue weighted by atomic mass is 9.86. The maximum absolute atomic E-state index is 4.70. The van der Waals surface area contributed by atoms with Crippen LogP contribution in [0, 0.1) is 6.92 Å². The van der Waals surface area contributed by atoms with Crippen LogP contribution in [-0.2, 0) is 0 Å². The fourth-order valence-electron chi connectivity index (χ4n) is 2.92. The molecule has 1 aliphatic carbocycles. The predicted molar refractivity (Wildman–Crippen MR) is 92.6 cm³/mol. The molecule has 0 radical (unpaired) electrons. The summed E-state index contributed by atoms with van der Waals surface area (Å²) in [6.45, 7) is 6.32. The van der Waals surface area contributed by atoms with Gasteiger partial charge in [-0.15, -0.1) is 0 Å². The lowest BCUT2D eigenvalue weighted by molar-refractivity contribution is 0.373. The number of aromatic amines is 1. The van der Waals surface area contributed by atoms with E-state index in [4.69, 9.17) is 4.98 Å². The van der Waals surface area contributed by atoms with Gasteiger partial charge in [0, 0.05) is 35.8 Å². The minimum Gasteiger partial charge on any atom is -0.340 e. The van der Waals surface area contributed by atoms with E-state index in [1.54, 1.807) is 12.1 Å². The van der Waals surface area contributed by atoms with E-state index in [0.29, 0.717) is 18.0 Å². The van der Waals surface area contributed by atoms with Crippen LogP contribution in [0.3, 0.4) is 0 Å². The Morgan fingerprint density at radius 2 is 1.95 bits per heavy atom. The molecule has 5 nitrogen and oxygen atoms in total. The molecule has 0 spiro atoms. The molecular weight excluding hydrogens is 294 g/mol. The van der Waals surface area contributed by atoms with Crippen LogP contribution in [0.4, 0.5) is 0 Å². The summed E-state index contributed by atoms with van der Waals surface area (Å²) in [6.07, 6.45) is 4.75. The molecule has 0 unspecified atom stereocenters. The maximum atomic E-state index is 4.70. The number of nitrogens with zero attached hydrogens (tertiary/aromatic N) is 2. The number of hydrogen-bond donors (Lipinski definition) is 3. The van der Waals surface area contributed by atoms with Crippen LogP contribution in [0.2, 0.25) is 0 Å². The molecule has 2 aromatic rings. The summed E-state index contributed by atoms with van der Waals surface area (Å²) in [5.41, 5.74) is 2.93. The predicted octanol–water partition coefficient (Wildman–Crippen LogP) is 3.44. The SMILES string of the molecule is Cc1ccc2[nH]c(C3CCC(NSNC(C)C)CC3)nc2n1. The second kappa shape index (κ2) is 6.98. The van der Waals surface area contributed by atoms with Crippen LogP contribution in [0.25, 0.3) is 11.2 Å². The standard InChI is InChI=1S/C16H25N5S/c1-10(2)20-22-21-13-7-5-12(6-8-13)15-18-14-9-4-11(3)17-16(14)19-15/h4,9-10,12-13,20-21H,5-8H2,1-3H3,(H,17,18,19). The van der Waals surface area contributed by atoms with E-state index in [1.807, 2.05) is 13.0 Å². The number of aryl methyl sites for hydroxylation is 1. The zero-order valence-corrected chi connectivity index (χ0v) is 14.3. The van der Waals surface area contributed by atoms with E-state index in [2.05, 4.69) is 39.3 Å². The average molecular weight is 319 g/mol. The smallest absolute Gasteiger partial charge is 0.177 e. The number of aromatic nitrogens is 3. The fourth-order valence-corrected chi connectivity index (χ4v) is 3.63. The largest absolute Gasteiger partial charge is 0.340 e. The third kappa shape index (κ3) is 3.80. The second-order valence-electron chi connectivity index (χ2n) is 6.49. The van der Waals surface area contributed by atoms with Gasteiger partial charge in [0.15, 0.2) is 5.65 Å². The van der Waals surface area contributed by atoms with Crippen molar-refractivity contribution in [3.05, 3.63) is 23.7 Å². The van der Waals surface area contributed by atoms with Crippen molar-refractivity contribution in [2.24, 2.45) is 0 Å². The van der Waals surface area contributed by atoms with Gasteiger partial charge in [-0.25, -0.2) is 19.4 Å².